The van der Waals surface area contributed by atoms with Gasteiger partial charge >= 0.3 is 11.9 Å². The third kappa shape index (κ3) is 6.92. The van der Waals surface area contributed by atoms with Crippen LogP contribution in [0.5, 0.6) is 0 Å². The van der Waals surface area contributed by atoms with E-state index >= 15 is 0 Å². The first kappa shape index (κ1) is 26.1. The second-order valence-electron chi connectivity index (χ2n) is 10.8. The van der Waals surface area contributed by atoms with Crippen molar-refractivity contribution < 1.29 is 19.8 Å². The summed E-state index contributed by atoms with van der Waals surface area (Å²) in [5, 5.41) is 18.6. The molecule has 2 rings (SSSR count). The van der Waals surface area contributed by atoms with E-state index in [0.29, 0.717) is 6.42 Å². The minimum absolute atomic E-state index is 0.172. The molecule has 0 aliphatic heterocycles. The largest absolute Gasteiger partial charge is 0.478 e. The van der Waals surface area contributed by atoms with Crippen LogP contribution in [0.2, 0.25) is 0 Å². The lowest BCUT2D eigenvalue weighted by Gasteiger charge is -2.27. The molecule has 0 heterocycles. The zero-order valence-corrected chi connectivity index (χ0v) is 21.0. The maximum absolute atomic E-state index is 11.3. The molecule has 0 saturated carbocycles. The van der Waals surface area contributed by atoms with Gasteiger partial charge in [-0.3, -0.25) is 0 Å². The number of hydrogen-bond donors (Lipinski definition) is 2. The molecule has 2 aromatic rings. The zero-order valence-electron chi connectivity index (χ0n) is 21.0. The van der Waals surface area contributed by atoms with E-state index in [9.17, 15) is 19.8 Å². The Morgan fingerprint density at radius 2 is 1.03 bits per heavy atom. The summed E-state index contributed by atoms with van der Waals surface area (Å²) in [6.07, 6.45) is 6.31. The first-order valence-electron chi connectivity index (χ1n) is 11.2. The highest BCUT2D eigenvalue weighted by molar-refractivity contribution is 5.87. The molecule has 2 aromatic carbocycles. The number of carboxylic acids is 2. The Labute approximate surface area is 197 Å². The van der Waals surface area contributed by atoms with Crippen molar-refractivity contribution in [3.63, 3.8) is 0 Å². The molecular formula is C29H36O4. The van der Waals surface area contributed by atoms with Gasteiger partial charge in [0, 0.05) is 12.2 Å². The molecule has 0 atom stereocenters. The van der Waals surface area contributed by atoms with Gasteiger partial charge in [-0.1, -0.05) is 76.9 Å². The number of carbonyl (C=O) groups is 2. The average Bonchev–Trinajstić information content (AvgIpc) is 2.63. The lowest BCUT2D eigenvalue weighted by molar-refractivity contribution is -0.132. The highest BCUT2D eigenvalue weighted by Gasteiger charge is 2.23. The smallest absolute Gasteiger partial charge is 0.328 e. The Morgan fingerprint density at radius 1 is 0.697 bits per heavy atom. The second kappa shape index (κ2) is 9.78. The Kier molecular flexibility index (Phi) is 7.74. The van der Waals surface area contributed by atoms with Gasteiger partial charge in [-0.15, -0.1) is 0 Å². The molecule has 0 fully saturated rings. The van der Waals surface area contributed by atoms with Gasteiger partial charge in [-0.2, -0.15) is 0 Å². The minimum atomic E-state index is -0.989. The van der Waals surface area contributed by atoms with E-state index < -0.39 is 11.9 Å². The van der Waals surface area contributed by atoms with Crippen LogP contribution in [0.1, 0.15) is 86.1 Å². The van der Waals surface area contributed by atoms with Crippen LogP contribution < -0.4 is 0 Å². The lowest BCUT2D eigenvalue weighted by Crippen LogP contribution is -2.16. The van der Waals surface area contributed by atoms with E-state index in [1.807, 2.05) is 13.8 Å². The maximum Gasteiger partial charge on any atom is 0.328 e. The molecule has 0 aromatic heterocycles. The summed E-state index contributed by atoms with van der Waals surface area (Å²) >= 11 is 0. The number of aryl methyl sites for hydroxylation is 2. The summed E-state index contributed by atoms with van der Waals surface area (Å²) in [7, 11) is 0. The lowest BCUT2D eigenvalue weighted by atomic mass is 9.78. The van der Waals surface area contributed by atoms with Crippen LogP contribution in [0.3, 0.4) is 0 Å². The van der Waals surface area contributed by atoms with Gasteiger partial charge in [0.25, 0.3) is 0 Å². The molecule has 0 aliphatic carbocycles. The summed E-state index contributed by atoms with van der Waals surface area (Å²) in [5.41, 5.74) is 7.89. The third-order valence-corrected chi connectivity index (χ3v) is 5.60. The Morgan fingerprint density at radius 3 is 1.30 bits per heavy atom. The molecular weight excluding hydrogens is 412 g/mol. The predicted octanol–water partition coefficient (Wildman–Crippen LogP) is 6.68. The molecule has 0 bridgehead atoms. The summed E-state index contributed by atoms with van der Waals surface area (Å²) in [5.74, 6) is -1.98. The van der Waals surface area contributed by atoms with Gasteiger partial charge in [0.2, 0.25) is 0 Å². The van der Waals surface area contributed by atoms with E-state index in [-0.39, 0.29) is 10.8 Å². The highest BCUT2D eigenvalue weighted by Crippen LogP contribution is 2.35. The molecule has 176 valence electrons. The fraction of sp³-hybridized carbons (Fsp3) is 0.379. The van der Waals surface area contributed by atoms with Gasteiger partial charge < -0.3 is 10.2 Å². The van der Waals surface area contributed by atoms with Crippen molar-refractivity contribution in [3.8, 4) is 0 Å². The first-order chi connectivity index (χ1) is 15.1. The van der Waals surface area contributed by atoms with Crippen molar-refractivity contribution in [2.75, 3.05) is 0 Å². The molecule has 4 heteroatoms. The van der Waals surface area contributed by atoms with Crippen LogP contribution in [0, 0.1) is 13.8 Å². The van der Waals surface area contributed by atoms with Crippen LogP contribution in [0.15, 0.2) is 36.4 Å². The molecule has 0 saturated heterocycles. The van der Waals surface area contributed by atoms with E-state index in [1.165, 1.54) is 12.2 Å². The molecule has 0 radical (unpaired) electrons. The average molecular weight is 449 g/mol. The number of benzene rings is 2. The monoisotopic (exact) mass is 448 g/mol. The Bertz CT molecular complexity index is 1030. The van der Waals surface area contributed by atoms with E-state index in [4.69, 9.17) is 0 Å². The van der Waals surface area contributed by atoms with E-state index in [0.717, 1.165) is 44.5 Å². The molecule has 2 N–H and O–H groups in total. The fourth-order valence-corrected chi connectivity index (χ4v) is 4.19. The summed E-state index contributed by atoms with van der Waals surface area (Å²) in [6.45, 7) is 16.8. The van der Waals surface area contributed by atoms with Crippen LogP contribution in [-0.2, 0) is 26.8 Å². The van der Waals surface area contributed by atoms with Crippen molar-refractivity contribution in [3.05, 3.63) is 80.9 Å². The van der Waals surface area contributed by atoms with Crippen LogP contribution >= 0.6 is 0 Å². The standard InChI is InChI=1S/C29H36O4/c1-18-13-20(22(9-11-26(30)31)24(15-18)28(3,4)5)17-21-14-19(2)16-25(29(6,7)8)23(21)10-12-27(32)33/h9-16H,17H2,1-8H3,(H,30,31)(H,32,33). The second-order valence-corrected chi connectivity index (χ2v) is 10.8. The fourth-order valence-electron chi connectivity index (χ4n) is 4.19. The van der Waals surface area contributed by atoms with Gasteiger partial charge in [-0.05, 0) is 76.6 Å². The summed E-state index contributed by atoms with van der Waals surface area (Å²) < 4.78 is 0. The molecule has 4 nitrogen and oxygen atoms in total. The van der Waals surface area contributed by atoms with Crippen molar-refractivity contribution in [2.24, 2.45) is 0 Å². The third-order valence-electron chi connectivity index (χ3n) is 5.60. The Balaban J connectivity index is 2.84. The number of rotatable bonds is 6. The first-order valence-corrected chi connectivity index (χ1v) is 11.2. The van der Waals surface area contributed by atoms with Crippen LogP contribution in [-0.4, -0.2) is 22.2 Å². The molecule has 33 heavy (non-hydrogen) atoms. The van der Waals surface area contributed by atoms with Gasteiger partial charge in [0.1, 0.15) is 0 Å². The predicted molar refractivity (Wildman–Crippen MR) is 136 cm³/mol. The number of aliphatic carboxylic acids is 2. The van der Waals surface area contributed by atoms with Crippen molar-refractivity contribution in [1.82, 2.24) is 0 Å². The van der Waals surface area contributed by atoms with Gasteiger partial charge in [0.05, 0.1) is 0 Å². The number of hydrogen-bond acceptors (Lipinski definition) is 2. The van der Waals surface area contributed by atoms with E-state index in [1.54, 1.807) is 12.2 Å². The minimum Gasteiger partial charge on any atom is -0.478 e. The van der Waals surface area contributed by atoms with Gasteiger partial charge in [0.15, 0.2) is 0 Å². The normalized spacial score (nSPS) is 12.6. The molecule has 0 unspecified atom stereocenters. The summed E-state index contributed by atoms with van der Waals surface area (Å²) in [6, 6.07) is 8.43. The van der Waals surface area contributed by atoms with Crippen LogP contribution in [0.25, 0.3) is 12.2 Å². The quantitative estimate of drug-likeness (QED) is 0.483. The van der Waals surface area contributed by atoms with Crippen LogP contribution in [0.4, 0.5) is 0 Å². The van der Waals surface area contributed by atoms with Crippen molar-refractivity contribution in [1.29, 1.82) is 0 Å². The topological polar surface area (TPSA) is 74.6 Å². The van der Waals surface area contributed by atoms with Crippen molar-refractivity contribution >= 4 is 24.1 Å². The molecule has 0 aliphatic rings. The van der Waals surface area contributed by atoms with Crippen molar-refractivity contribution in [2.45, 2.75) is 72.6 Å². The summed E-state index contributed by atoms with van der Waals surface area (Å²) in [4.78, 5) is 22.6. The molecule has 0 amide bonds. The van der Waals surface area contributed by atoms with Gasteiger partial charge in [-0.25, -0.2) is 9.59 Å². The zero-order chi connectivity index (χ0) is 25.1. The maximum atomic E-state index is 11.3. The highest BCUT2D eigenvalue weighted by atomic mass is 16.4. The SMILES string of the molecule is Cc1cc(Cc2cc(C)cc(C(C)(C)C)c2C=CC(=O)O)c(C=CC(=O)O)c(C(C)(C)C)c1. The number of carboxylic acid groups (broad SMARTS) is 2. The Hall–Kier alpha value is -3.14. The van der Waals surface area contributed by atoms with E-state index in [2.05, 4.69) is 65.8 Å². The molecule has 0 spiro atoms.